The Morgan fingerprint density at radius 1 is 1.32 bits per heavy atom. The predicted octanol–water partition coefficient (Wildman–Crippen LogP) is 1.91. The van der Waals surface area contributed by atoms with Crippen LogP contribution in [0.25, 0.3) is 0 Å². The molecule has 1 aliphatic heterocycles. The van der Waals surface area contributed by atoms with E-state index in [1.54, 1.807) is 0 Å². The lowest BCUT2D eigenvalue weighted by atomic mass is 10.1. The maximum Gasteiger partial charge on any atom is 0.222 e. The van der Waals surface area contributed by atoms with E-state index in [0.717, 1.165) is 51.8 Å². The summed E-state index contributed by atoms with van der Waals surface area (Å²) in [6, 6.07) is 0. The number of nitrogens with one attached hydrogen (secondary N) is 1. The lowest BCUT2D eigenvalue weighted by Crippen LogP contribution is -2.48. The van der Waals surface area contributed by atoms with Gasteiger partial charge in [0.05, 0.1) is 19.3 Å². The number of carbonyl (C=O) groups excluding carboxylic acids is 1. The summed E-state index contributed by atoms with van der Waals surface area (Å²) < 4.78 is 11.4. The van der Waals surface area contributed by atoms with Gasteiger partial charge in [-0.15, -0.1) is 0 Å². The van der Waals surface area contributed by atoms with E-state index in [0.29, 0.717) is 6.54 Å². The zero-order valence-corrected chi connectivity index (χ0v) is 14.8. The van der Waals surface area contributed by atoms with Crippen molar-refractivity contribution in [2.75, 3.05) is 46.0 Å². The minimum absolute atomic E-state index is 0.0268. The largest absolute Gasteiger partial charge is 0.380 e. The van der Waals surface area contributed by atoms with E-state index in [-0.39, 0.29) is 17.9 Å². The first-order valence-electron chi connectivity index (χ1n) is 8.68. The van der Waals surface area contributed by atoms with Gasteiger partial charge in [0.1, 0.15) is 0 Å². The molecule has 0 aromatic carbocycles. The van der Waals surface area contributed by atoms with Crippen LogP contribution in [-0.2, 0) is 14.3 Å². The van der Waals surface area contributed by atoms with Gasteiger partial charge in [-0.25, -0.2) is 0 Å². The van der Waals surface area contributed by atoms with Crippen LogP contribution in [0.1, 0.15) is 40.5 Å². The highest BCUT2D eigenvalue weighted by atomic mass is 16.5. The Balaban J connectivity index is 2.09. The number of amides is 1. The second-order valence-electron chi connectivity index (χ2n) is 6.84. The predicted molar refractivity (Wildman–Crippen MR) is 88.9 cm³/mol. The fourth-order valence-electron chi connectivity index (χ4n) is 2.41. The first kappa shape index (κ1) is 19.4. The second kappa shape index (κ2) is 11.0. The SMILES string of the molecule is CC(C)CCCOCCN1CCO[C@H](CNC(=O)C(C)C)C1. The van der Waals surface area contributed by atoms with Crippen molar-refractivity contribution >= 4 is 5.91 Å². The average molecular weight is 314 g/mol. The highest BCUT2D eigenvalue weighted by Crippen LogP contribution is 2.06. The number of hydrogen-bond donors (Lipinski definition) is 1. The minimum Gasteiger partial charge on any atom is -0.380 e. The molecule has 0 spiro atoms. The first-order valence-corrected chi connectivity index (χ1v) is 8.68. The Bertz CT molecular complexity index is 308. The lowest BCUT2D eigenvalue weighted by molar-refractivity contribution is -0.125. The van der Waals surface area contributed by atoms with Crippen LogP contribution in [0, 0.1) is 11.8 Å². The van der Waals surface area contributed by atoms with E-state index in [9.17, 15) is 4.79 Å². The number of hydrogen-bond acceptors (Lipinski definition) is 4. The summed E-state index contributed by atoms with van der Waals surface area (Å²) in [5, 5.41) is 2.95. The molecule has 0 saturated carbocycles. The van der Waals surface area contributed by atoms with Crippen LogP contribution in [0.5, 0.6) is 0 Å². The van der Waals surface area contributed by atoms with Crippen LogP contribution < -0.4 is 5.32 Å². The standard InChI is InChI=1S/C17H34N2O3/c1-14(2)6-5-9-21-10-7-19-8-11-22-16(13-19)12-18-17(20)15(3)4/h14-16H,5-13H2,1-4H3,(H,18,20)/t16-/m1/s1. The molecule has 22 heavy (non-hydrogen) atoms. The van der Waals surface area contributed by atoms with Crippen LogP contribution in [-0.4, -0.2) is 62.9 Å². The molecule has 5 nitrogen and oxygen atoms in total. The lowest BCUT2D eigenvalue weighted by Gasteiger charge is -2.33. The van der Waals surface area contributed by atoms with Crippen molar-refractivity contribution in [1.29, 1.82) is 0 Å². The summed E-state index contributed by atoms with van der Waals surface area (Å²) in [6.07, 6.45) is 2.47. The maximum absolute atomic E-state index is 11.6. The molecule has 0 radical (unpaired) electrons. The molecule has 1 saturated heterocycles. The Morgan fingerprint density at radius 3 is 2.77 bits per heavy atom. The Morgan fingerprint density at radius 2 is 2.09 bits per heavy atom. The number of morpholine rings is 1. The Hall–Kier alpha value is -0.650. The third-order valence-corrected chi connectivity index (χ3v) is 3.87. The van der Waals surface area contributed by atoms with Gasteiger partial charge in [-0.1, -0.05) is 27.7 Å². The van der Waals surface area contributed by atoms with E-state index < -0.39 is 0 Å². The molecule has 1 aliphatic rings. The zero-order valence-electron chi connectivity index (χ0n) is 14.8. The van der Waals surface area contributed by atoms with E-state index in [1.165, 1.54) is 6.42 Å². The molecule has 1 heterocycles. The molecule has 1 fully saturated rings. The summed E-state index contributed by atoms with van der Waals surface area (Å²) in [4.78, 5) is 13.9. The van der Waals surface area contributed by atoms with Crippen molar-refractivity contribution in [2.45, 2.75) is 46.6 Å². The van der Waals surface area contributed by atoms with Crippen LogP contribution in [0.4, 0.5) is 0 Å². The quantitative estimate of drug-likeness (QED) is 0.626. The summed E-state index contributed by atoms with van der Waals surface area (Å²) in [7, 11) is 0. The number of ether oxygens (including phenoxy) is 2. The van der Waals surface area contributed by atoms with Gasteiger partial charge < -0.3 is 14.8 Å². The zero-order chi connectivity index (χ0) is 16.4. The van der Waals surface area contributed by atoms with E-state index in [4.69, 9.17) is 9.47 Å². The number of rotatable bonds is 10. The van der Waals surface area contributed by atoms with E-state index in [2.05, 4.69) is 24.1 Å². The van der Waals surface area contributed by atoms with Crippen molar-refractivity contribution in [2.24, 2.45) is 11.8 Å². The summed E-state index contributed by atoms with van der Waals surface area (Å²) in [5.41, 5.74) is 0. The van der Waals surface area contributed by atoms with Gasteiger partial charge in [-0.2, -0.15) is 0 Å². The normalized spacial score (nSPS) is 19.8. The molecule has 1 N–H and O–H groups in total. The Kier molecular flexibility index (Phi) is 9.68. The molecule has 0 aromatic rings. The molecule has 0 bridgehead atoms. The maximum atomic E-state index is 11.6. The van der Waals surface area contributed by atoms with Crippen LogP contribution in [0.2, 0.25) is 0 Å². The summed E-state index contributed by atoms with van der Waals surface area (Å²) in [6.45, 7) is 14.0. The molecule has 1 amide bonds. The smallest absolute Gasteiger partial charge is 0.222 e. The third-order valence-electron chi connectivity index (χ3n) is 3.87. The average Bonchev–Trinajstić information content (AvgIpc) is 2.48. The van der Waals surface area contributed by atoms with Gasteiger partial charge in [-0.3, -0.25) is 9.69 Å². The minimum atomic E-state index is 0.0268. The number of carbonyl (C=O) groups is 1. The molecular weight excluding hydrogens is 280 g/mol. The fourth-order valence-corrected chi connectivity index (χ4v) is 2.41. The fraction of sp³-hybridized carbons (Fsp3) is 0.941. The highest BCUT2D eigenvalue weighted by Gasteiger charge is 2.21. The van der Waals surface area contributed by atoms with E-state index >= 15 is 0 Å². The van der Waals surface area contributed by atoms with Gasteiger partial charge in [0.2, 0.25) is 5.91 Å². The number of nitrogens with zero attached hydrogens (tertiary/aromatic N) is 1. The highest BCUT2D eigenvalue weighted by molar-refractivity contribution is 5.77. The van der Waals surface area contributed by atoms with Gasteiger partial charge in [0.15, 0.2) is 0 Å². The molecule has 0 unspecified atom stereocenters. The van der Waals surface area contributed by atoms with Gasteiger partial charge in [-0.05, 0) is 18.8 Å². The molecule has 1 rings (SSSR count). The van der Waals surface area contributed by atoms with Crippen LogP contribution in [0.3, 0.4) is 0 Å². The molecule has 130 valence electrons. The summed E-state index contributed by atoms with van der Waals surface area (Å²) in [5.74, 6) is 0.873. The first-order chi connectivity index (χ1) is 10.5. The van der Waals surface area contributed by atoms with Crippen molar-refractivity contribution in [3.63, 3.8) is 0 Å². The van der Waals surface area contributed by atoms with Gasteiger partial charge in [0, 0.05) is 38.7 Å². The van der Waals surface area contributed by atoms with Gasteiger partial charge in [0.25, 0.3) is 0 Å². The van der Waals surface area contributed by atoms with Crippen molar-refractivity contribution < 1.29 is 14.3 Å². The second-order valence-corrected chi connectivity index (χ2v) is 6.84. The summed E-state index contributed by atoms with van der Waals surface area (Å²) >= 11 is 0. The van der Waals surface area contributed by atoms with E-state index in [1.807, 2.05) is 13.8 Å². The van der Waals surface area contributed by atoms with Crippen molar-refractivity contribution in [3.05, 3.63) is 0 Å². The van der Waals surface area contributed by atoms with Gasteiger partial charge >= 0.3 is 0 Å². The molecule has 1 atom stereocenters. The van der Waals surface area contributed by atoms with Crippen LogP contribution >= 0.6 is 0 Å². The van der Waals surface area contributed by atoms with Crippen LogP contribution in [0.15, 0.2) is 0 Å². The topological polar surface area (TPSA) is 50.8 Å². The Labute approximate surface area is 135 Å². The molecular formula is C17H34N2O3. The van der Waals surface area contributed by atoms with Crippen molar-refractivity contribution in [3.8, 4) is 0 Å². The molecule has 5 heteroatoms. The molecule has 0 aromatic heterocycles. The molecule has 0 aliphatic carbocycles. The van der Waals surface area contributed by atoms with Crippen molar-refractivity contribution in [1.82, 2.24) is 10.2 Å². The monoisotopic (exact) mass is 314 g/mol. The third kappa shape index (κ3) is 8.71.